The normalized spacial score (nSPS) is 12.0. The third kappa shape index (κ3) is 2.56. The van der Waals surface area contributed by atoms with Crippen LogP contribution in [-0.2, 0) is 6.54 Å². The SMILES string of the molecule is Cc1ncc2c(/C(N)=N\N)nn(Cc3cccc(F)c3F)c2n1. The van der Waals surface area contributed by atoms with E-state index in [9.17, 15) is 8.78 Å². The topological polar surface area (TPSA) is 108 Å². The van der Waals surface area contributed by atoms with E-state index >= 15 is 0 Å². The molecule has 0 amide bonds. The second-order valence-corrected chi connectivity index (χ2v) is 4.89. The van der Waals surface area contributed by atoms with Crippen LogP contribution in [0.5, 0.6) is 0 Å². The lowest BCUT2D eigenvalue weighted by molar-refractivity contribution is 0.493. The second-order valence-electron chi connectivity index (χ2n) is 4.89. The van der Waals surface area contributed by atoms with Crippen LogP contribution < -0.4 is 11.6 Å². The highest BCUT2D eigenvalue weighted by molar-refractivity contribution is 6.05. The van der Waals surface area contributed by atoms with E-state index in [1.165, 1.54) is 23.0 Å². The van der Waals surface area contributed by atoms with E-state index in [-0.39, 0.29) is 17.9 Å². The summed E-state index contributed by atoms with van der Waals surface area (Å²) in [5.74, 6) is 3.85. The third-order valence-electron chi connectivity index (χ3n) is 3.34. The van der Waals surface area contributed by atoms with Gasteiger partial charge in [-0.2, -0.15) is 10.2 Å². The Morgan fingerprint density at radius 3 is 2.87 bits per heavy atom. The van der Waals surface area contributed by atoms with Crippen molar-refractivity contribution in [3.8, 4) is 0 Å². The number of fused-ring (bicyclic) bond motifs is 1. The summed E-state index contributed by atoms with van der Waals surface area (Å²) in [5.41, 5.74) is 6.58. The number of aromatic nitrogens is 4. The van der Waals surface area contributed by atoms with E-state index in [0.29, 0.717) is 22.6 Å². The Morgan fingerprint density at radius 1 is 1.35 bits per heavy atom. The molecule has 7 nitrogen and oxygen atoms in total. The number of hydrogen-bond donors (Lipinski definition) is 2. The first kappa shape index (κ1) is 14.8. The van der Waals surface area contributed by atoms with E-state index in [2.05, 4.69) is 20.2 Å². The van der Waals surface area contributed by atoms with Crippen molar-refractivity contribution in [1.29, 1.82) is 0 Å². The summed E-state index contributed by atoms with van der Waals surface area (Å²) in [4.78, 5) is 8.37. The molecule has 118 valence electrons. The van der Waals surface area contributed by atoms with Crippen molar-refractivity contribution in [3.63, 3.8) is 0 Å². The lowest BCUT2D eigenvalue weighted by Gasteiger charge is -2.05. The molecule has 0 bridgehead atoms. The van der Waals surface area contributed by atoms with E-state index in [1.54, 1.807) is 6.92 Å². The zero-order chi connectivity index (χ0) is 16.6. The number of nitrogens with zero attached hydrogens (tertiary/aromatic N) is 5. The van der Waals surface area contributed by atoms with Crippen LogP contribution in [0.2, 0.25) is 0 Å². The van der Waals surface area contributed by atoms with Crippen LogP contribution in [0.4, 0.5) is 8.78 Å². The molecule has 3 rings (SSSR count). The fourth-order valence-corrected chi connectivity index (χ4v) is 2.24. The van der Waals surface area contributed by atoms with Gasteiger partial charge in [-0.3, -0.25) is 0 Å². The Bertz CT molecular complexity index is 917. The van der Waals surface area contributed by atoms with Crippen LogP contribution in [0, 0.1) is 18.6 Å². The van der Waals surface area contributed by atoms with Crippen LogP contribution in [0.3, 0.4) is 0 Å². The van der Waals surface area contributed by atoms with E-state index in [1.807, 2.05) is 0 Å². The Labute approximate surface area is 129 Å². The van der Waals surface area contributed by atoms with Gasteiger partial charge in [0.15, 0.2) is 23.1 Å². The van der Waals surface area contributed by atoms with Crippen LogP contribution in [0.1, 0.15) is 17.1 Å². The average Bonchev–Trinajstić information content (AvgIpc) is 2.89. The minimum absolute atomic E-state index is 0.000849. The summed E-state index contributed by atoms with van der Waals surface area (Å²) in [6.07, 6.45) is 1.54. The molecular formula is C14H13F2N7. The molecule has 2 heterocycles. The van der Waals surface area contributed by atoms with Crippen LogP contribution in [0.15, 0.2) is 29.5 Å². The van der Waals surface area contributed by atoms with Crippen LogP contribution >= 0.6 is 0 Å². The molecule has 0 saturated heterocycles. The van der Waals surface area contributed by atoms with E-state index in [0.717, 1.165) is 6.07 Å². The quantitative estimate of drug-likeness (QED) is 0.325. The number of amidine groups is 1. The molecule has 0 spiro atoms. The number of aryl methyl sites for hydroxylation is 1. The number of halogens is 2. The van der Waals surface area contributed by atoms with Crippen molar-refractivity contribution in [2.45, 2.75) is 13.5 Å². The molecule has 0 fully saturated rings. The van der Waals surface area contributed by atoms with Gasteiger partial charge >= 0.3 is 0 Å². The summed E-state index contributed by atoms with van der Waals surface area (Å²) in [6.45, 7) is 1.69. The van der Waals surface area contributed by atoms with E-state index in [4.69, 9.17) is 11.6 Å². The summed E-state index contributed by atoms with van der Waals surface area (Å²) in [7, 11) is 0. The zero-order valence-electron chi connectivity index (χ0n) is 12.2. The molecule has 4 N–H and O–H groups in total. The third-order valence-corrected chi connectivity index (χ3v) is 3.34. The van der Waals surface area contributed by atoms with Gasteiger partial charge in [-0.1, -0.05) is 12.1 Å². The summed E-state index contributed by atoms with van der Waals surface area (Å²) < 4.78 is 28.7. The van der Waals surface area contributed by atoms with Gasteiger partial charge in [0, 0.05) is 11.8 Å². The average molecular weight is 317 g/mol. The first-order chi connectivity index (χ1) is 11.0. The molecule has 9 heteroatoms. The number of benzene rings is 1. The molecule has 3 aromatic rings. The largest absolute Gasteiger partial charge is 0.380 e. The molecule has 0 aliphatic heterocycles. The van der Waals surface area contributed by atoms with Gasteiger partial charge in [0.25, 0.3) is 0 Å². The van der Waals surface area contributed by atoms with Gasteiger partial charge in [0.1, 0.15) is 11.5 Å². The summed E-state index contributed by atoms with van der Waals surface area (Å²) in [6, 6.07) is 3.95. The van der Waals surface area contributed by atoms with Crippen molar-refractivity contribution >= 4 is 16.9 Å². The zero-order valence-corrected chi connectivity index (χ0v) is 12.2. The maximum atomic E-state index is 13.9. The minimum atomic E-state index is -0.927. The lowest BCUT2D eigenvalue weighted by atomic mass is 10.2. The van der Waals surface area contributed by atoms with Crippen molar-refractivity contribution in [1.82, 2.24) is 19.7 Å². The van der Waals surface area contributed by atoms with Gasteiger partial charge in [0.05, 0.1) is 11.9 Å². The fraction of sp³-hybridized carbons (Fsp3) is 0.143. The summed E-state index contributed by atoms with van der Waals surface area (Å²) >= 11 is 0. The van der Waals surface area contributed by atoms with Gasteiger partial charge in [-0.15, -0.1) is 0 Å². The van der Waals surface area contributed by atoms with Gasteiger partial charge in [-0.25, -0.2) is 23.4 Å². The van der Waals surface area contributed by atoms with Gasteiger partial charge < -0.3 is 11.6 Å². The van der Waals surface area contributed by atoms with Crippen molar-refractivity contribution in [2.24, 2.45) is 16.7 Å². The van der Waals surface area contributed by atoms with Crippen molar-refractivity contribution < 1.29 is 8.78 Å². The Kier molecular flexibility index (Phi) is 3.61. The molecule has 23 heavy (non-hydrogen) atoms. The van der Waals surface area contributed by atoms with Crippen LogP contribution in [0.25, 0.3) is 11.0 Å². The molecular weight excluding hydrogens is 304 g/mol. The maximum absolute atomic E-state index is 13.9. The Morgan fingerprint density at radius 2 is 2.13 bits per heavy atom. The first-order valence-corrected chi connectivity index (χ1v) is 6.68. The van der Waals surface area contributed by atoms with Gasteiger partial charge in [0.2, 0.25) is 0 Å². The van der Waals surface area contributed by atoms with Crippen molar-refractivity contribution in [3.05, 3.63) is 53.1 Å². The first-order valence-electron chi connectivity index (χ1n) is 6.68. The van der Waals surface area contributed by atoms with E-state index < -0.39 is 11.6 Å². The summed E-state index contributed by atoms with van der Waals surface area (Å²) in [5, 5.41) is 8.20. The predicted octanol–water partition coefficient (Wildman–Crippen LogP) is 1.04. The second kappa shape index (κ2) is 5.59. The molecule has 0 aliphatic rings. The molecule has 0 saturated carbocycles. The minimum Gasteiger partial charge on any atom is -0.380 e. The molecule has 0 atom stereocenters. The molecule has 2 aromatic heterocycles. The smallest absolute Gasteiger partial charge is 0.171 e. The molecule has 1 aromatic carbocycles. The number of hydrogen-bond acceptors (Lipinski definition) is 5. The highest BCUT2D eigenvalue weighted by Gasteiger charge is 2.17. The standard InChI is InChI=1S/C14H13F2N7/c1-7-19-5-9-12(13(17)21-18)22-23(14(9)20-7)6-8-3-2-4-10(15)11(8)16/h2-5H,6,18H2,1H3,(H2,17,21). The molecule has 0 unspecified atom stereocenters. The maximum Gasteiger partial charge on any atom is 0.171 e. The number of nitrogens with two attached hydrogens (primary N) is 2. The predicted molar refractivity (Wildman–Crippen MR) is 80.4 cm³/mol. The Balaban J connectivity index is 2.17. The monoisotopic (exact) mass is 317 g/mol. The number of hydrazone groups is 1. The fourth-order valence-electron chi connectivity index (χ4n) is 2.24. The molecule has 0 aliphatic carbocycles. The highest BCUT2D eigenvalue weighted by atomic mass is 19.2. The molecule has 0 radical (unpaired) electrons. The van der Waals surface area contributed by atoms with Crippen molar-refractivity contribution in [2.75, 3.05) is 0 Å². The van der Waals surface area contributed by atoms with Gasteiger partial charge in [-0.05, 0) is 13.0 Å². The highest BCUT2D eigenvalue weighted by Crippen LogP contribution is 2.19. The van der Waals surface area contributed by atoms with Crippen LogP contribution in [-0.4, -0.2) is 25.6 Å². The lowest BCUT2D eigenvalue weighted by Crippen LogP contribution is -2.17. The number of rotatable bonds is 3. The Hall–Kier alpha value is -3.10.